The summed E-state index contributed by atoms with van der Waals surface area (Å²) >= 11 is 0. The highest BCUT2D eigenvalue weighted by molar-refractivity contribution is 5.91. The molecule has 0 saturated heterocycles. The van der Waals surface area contributed by atoms with Crippen LogP contribution in [-0.2, 0) is 30.3 Å². The Morgan fingerprint density at radius 2 is 1.57 bits per heavy atom. The largest absolute Gasteiger partial charge is 0.464 e. The van der Waals surface area contributed by atoms with Gasteiger partial charge in [-0.3, -0.25) is 14.4 Å². The van der Waals surface area contributed by atoms with Crippen LogP contribution in [0.5, 0.6) is 0 Å². The molecule has 0 saturated carbocycles. The Labute approximate surface area is 178 Å². The fourth-order valence-electron chi connectivity index (χ4n) is 2.82. The summed E-state index contributed by atoms with van der Waals surface area (Å²) in [7, 11) is 0. The minimum atomic E-state index is -0.858. The molecule has 0 aliphatic rings. The Morgan fingerprint density at radius 3 is 2.13 bits per heavy atom. The van der Waals surface area contributed by atoms with E-state index >= 15 is 0 Å². The number of carbonyl (C=O) groups excluding carboxylic acids is 4. The average Bonchev–Trinajstić information content (AvgIpc) is 2.71. The van der Waals surface area contributed by atoms with Crippen molar-refractivity contribution in [1.29, 1.82) is 0 Å². The minimum Gasteiger partial charge on any atom is -0.464 e. The Hall–Kier alpha value is -2.90. The first-order valence-corrected chi connectivity index (χ1v) is 10.3. The van der Waals surface area contributed by atoms with Crippen molar-refractivity contribution in [3.05, 3.63) is 35.9 Å². The molecule has 1 rings (SSSR count). The summed E-state index contributed by atoms with van der Waals surface area (Å²) < 4.78 is 5.05. The summed E-state index contributed by atoms with van der Waals surface area (Å²) in [5.41, 5.74) is 0.874. The highest BCUT2D eigenvalue weighted by Crippen LogP contribution is 2.06. The van der Waals surface area contributed by atoms with Gasteiger partial charge in [0.15, 0.2) is 0 Å². The van der Waals surface area contributed by atoms with E-state index in [1.54, 1.807) is 13.8 Å². The normalized spacial score (nSPS) is 12.6. The second-order valence-corrected chi connectivity index (χ2v) is 7.38. The first kappa shape index (κ1) is 25.1. The van der Waals surface area contributed by atoms with Gasteiger partial charge in [-0.25, -0.2) is 4.79 Å². The molecule has 1 aromatic rings. The molecule has 0 fully saturated rings. The van der Waals surface area contributed by atoms with E-state index in [1.807, 2.05) is 44.2 Å². The zero-order chi connectivity index (χ0) is 22.5. The summed E-state index contributed by atoms with van der Waals surface area (Å²) in [6.07, 6.45) is 1.00. The van der Waals surface area contributed by atoms with Crippen LogP contribution in [0.15, 0.2) is 30.3 Å². The molecular weight excluding hydrogens is 386 g/mol. The molecule has 0 radical (unpaired) electrons. The number of nitrogens with one attached hydrogen (secondary N) is 3. The number of rotatable bonds is 12. The van der Waals surface area contributed by atoms with Crippen molar-refractivity contribution in [3.8, 4) is 0 Å². The maximum Gasteiger partial charge on any atom is 0.328 e. The molecule has 1 aromatic carbocycles. The lowest BCUT2D eigenvalue weighted by molar-refractivity contribution is -0.147. The van der Waals surface area contributed by atoms with E-state index in [0.29, 0.717) is 6.42 Å². The van der Waals surface area contributed by atoms with Crippen molar-refractivity contribution in [2.75, 3.05) is 13.2 Å². The number of ether oxygens (including phenoxy) is 1. The number of esters is 1. The number of benzene rings is 1. The SMILES string of the molecule is CCOC(=O)[C@H](Cc1ccccc1)NC(=O)CNC(=O)[C@H](CC(C)C)NC(=O)CC. The third-order valence-electron chi connectivity index (χ3n) is 4.29. The molecule has 0 heterocycles. The van der Waals surface area contributed by atoms with Crippen LogP contribution in [0.1, 0.15) is 46.1 Å². The maximum atomic E-state index is 12.5. The third kappa shape index (κ3) is 9.54. The van der Waals surface area contributed by atoms with Gasteiger partial charge in [-0.05, 0) is 24.8 Å². The van der Waals surface area contributed by atoms with Gasteiger partial charge in [-0.2, -0.15) is 0 Å². The smallest absolute Gasteiger partial charge is 0.328 e. The van der Waals surface area contributed by atoms with Gasteiger partial charge in [0, 0.05) is 12.8 Å². The van der Waals surface area contributed by atoms with Crippen molar-refractivity contribution in [3.63, 3.8) is 0 Å². The van der Waals surface area contributed by atoms with E-state index < -0.39 is 29.9 Å². The zero-order valence-corrected chi connectivity index (χ0v) is 18.2. The molecule has 0 unspecified atom stereocenters. The van der Waals surface area contributed by atoms with Gasteiger partial charge in [-0.15, -0.1) is 0 Å². The molecule has 8 heteroatoms. The van der Waals surface area contributed by atoms with Crippen LogP contribution in [0, 0.1) is 5.92 Å². The standard InChI is InChI=1S/C22H33N3O5/c1-5-19(26)24-17(12-15(3)4)21(28)23-14-20(27)25-18(22(29)30-6-2)13-16-10-8-7-9-11-16/h7-11,15,17-18H,5-6,12-14H2,1-4H3,(H,23,28)(H,24,26)(H,25,27)/t17-,18-/m0/s1. The summed E-state index contributed by atoms with van der Waals surface area (Å²) in [5.74, 6) is -1.52. The Balaban J connectivity index is 2.69. The highest BCUT2D eigenvalue weighted by atomic mass is 16.5. The van der Waals surface area contributed by atoms with E-state index in [0.717, 1.165) is 5.56 Å². The highest BCUT2D eigenvalue weighted by Gasteiger charge is 2.25. The summed E-state index contributed by atoms with van der Waals surface area (Å²) in [4.78, 5) is 48.7. The monoisotopic (exact) mass is 419 g/mol. The van der Waals surface area contributed by atoms with Gasteiger partial charge in [0.1, 0.15) is 12.1 Å². The van der Waals surface area contributed by atoms with E-state index in [1.165, 1.54) is 0 Å². The van der Waals surface area contributed by atoms with Gasteiger partial charge >= 0.3 is 5.97 Å². The van der Waals surface area contributed by atoms with Crippen LogP contribution < -0.4 is 16.0 Å². The molecule has 3 N–H and O–H groups in total. The molecule has 3 amide bonds. The number of carbonyl (C=O) groups is 4. The summed E-state index contributed by atoms with van der Waals surface area (Å²) in [6, 6.07) is 7.69. The van der Waals surface area contributed by atoms with E-state index in [-0.39, 0.29) is 37.8 Å². The predicted molar refractivity (Wildman–Crippen MR) is 113 cm³/mol. The van der Waals surface area contributed by atoms with Crippen LogP contribution >= 0.6 is 0 Å². The van der Waals surface area contributed by atoms with E-state index in [4.69, 9.17) is 4.74 Å². The minimum absolute atomic E-state index is 0.186. The molecule has 8 nitrogen and oxygen atoms in total. The van der Waals surface area contributed by atoms with Gasteiger partial charge in [0.05, 0.1) is 13.2 Å². The molecule has 2 atom stereocenters. The quantitative estimate of drug-likeness (QED) is 0.443. The van der Waals surface area contributed by atoms with Gasteiger partial charge in [0.2, 0.25) is 17.7 Å². The Morgan fingerprint density at radius 1 is 0.933 bits per heavy atom. The van der Waals surface area contributed by atoms with Gasteiger partial charge in [-0.1, -0.05) is 51.1 Å². The molecule has 30 heavy (non-hydrogen) atoms. The number of hydrogen-bond donors (Lipinski definition) is 3. The van der Waals surface area contributed by atoms with Crippen molar-refractivity contribution < 1.29 is 23.9 Å². The third-order valence-corrected chi connectivity index (χ3v) is 4.29. The number of amides is 3. The maximum absolute atomic E-state index is 12.5. The Bertz CT molecular complexity index is 706. The predicted octanol–water partition coefficient (Wildman–Crippen LogP) is 1.33. The lowest BCUT2D eigenvalue weighted by Gasteiger charge is -2.21. The zero-order valence-electron chi connectivity index (χ0n) is 18.2. The molecule has 0 aliphatic carbocycles. The fourth-order valence-corrected chi connectivity index (χ4v) is 2.82. The first-order chi connectivity index (χ1) is 14.3. The van der Waals surface area contributed by atoms with Crippen LogP contribution in [0.2, 0.25) is 0 Å². The second-order valence-electron chi connectivity index (χ2n) is 7.38. The topological polar surface area (TPSA) is 114 Å². The average molecular weight is 420 g/mol. The van der Waals surface area contributed by atoms with E-state index in [9.17, 15) is 19.2 Å². The molecule has 0 aliphatic heterocycles. The van der Waals surface area contributed by atoms with Crippen molar-refractivity contribution in [2.24, 2.45) is 5.92 Å². The van der Waals surface area contributed by atoms with Crippen molar-refractivity contribution in [1.82, 2.24) is 16.0 Å². The van der Waals surface area contributed by atoms with Gasteiger partial charge < -0.3 is 20.7 Å². The van der Waals surface area contributed by atoms with Crippen LogP contribution in [-0.4, -0.2) is 48.9 Å². The second kappa shape index (κ2) is 13.3. The first-order valence-electron chi connectivity index (χ1n) is 10.3. The lowest BCUT2D eigenvalue weighted by atomic mass is 10.0. The van der Waals surface area contributed by atoms with Crippen molar-refractivity contribution >= 4 is 23.7 Å². The van der Waals surface area contributed by atoms with E-state index in [2.05, 4.69) is 16.0 Å². The molecular formula is C22H33N3O5. The van der Waals surface area contributed by atoms with Crippen molar-refractivity contribution in [2.45, 2.75) is 59.0 Å². The number of hydrogen-bond acceptors (Lipinski definition) is 5. The van der Waals surface area contributed by atoms with Gasteiger partial charge in [0.25, 0.3) is 0 Å². The molecule has 0 bridgehead atoms. The fraction of sp³-hybridized carbons (Fsp3) is 0.545. The van der Waals surface area contributed by atoms with Crippen LogP contribution in [0.3, 0.4) is 0 Å². The lowest BCUT2D eigenvalue weighted by Crippen LogP contribution is -2.51. The van der Waals surface area contributed by atoms with Crippen LogP contribution in [0.4, 0.5) is 0 Å². The summed E-state index contributed by atoms with van der Waals surface area (Å²) in [6.45, 7) is 7.18. The molecule has 166 valence electrons. The summed E-state index contributed by atoms with van der Waals surface area (Å²) in [5, 5.41) is 7.83. The molecule has 0 aromatic heterocycles. The molecule has 0 spiro atoms. The van der Waals surface area contributed by atoms with Crippen LogP contribution in [0.25, 0.3) is 0 Å². The Kier molecular flexibility index (Phi) is 11.2.